The van der Waals surface area contributed by atoms with Crippen LogP contribution in [-0.4, -0.2) is 34.8 Å². The monoisotopic (exact) mass is 375 g/mol. The fourth-order valence-corrected chi connectivity index (χ4v) is 3.37. The fourth-order valence-electron chi connectivity index (χ4n) is 1.75. The molecule has 116 valence electrons. The maximum atomic E-state index is 12.3. The maximum absolute atomic E-state index is 12.3. The van der Waals surface area contributed by atoms with E-state index in [0.717, 1.165) is 5.56 Å². The topological polar surface area (TPSA) is 46.6 Å². The lowest BCUT2D eigenvalue weighted by Crippen LogP contribution is -2.30. The quantitative estimate of drug-likeness (QED) is 0.455. The summed E-state index contributed by atoms with van der Waals surface area (Å²) in [5, 5.41) is 0.862. The number of amides is 1. The summed E-state index contributed by atoms with van der Waals surface area (Å²) >= 11 is 18.2. The van der Waals surface area contributed by atoms with Crippen LogP contribution in [0.4, 0.5) is 0 Å². The highest BCUT2D eigenvalue weighted by molar-refractivity contribution is 8.26. The number of benzene rings is 1. The van der Waals surface area contributed by atoms with Crippen molar-refractivity contribution in [1.29, 1.82) is 0 Å². The van der Waals surface area contributed by atoms with Crippen molar-refractivity contribution in [3.8, 4) is 0 Å². The maximum Gasteiger partial charge on any atom is 0.307 e. The average molecular weight is 376 g/mol. The number of hydrogen-bond acceptors (Lipinski definition) is 5. The van der Waals surface area contributed by atoms with E-state index >= 15 is 0 Å². The summed E-state index contributed by atoms with van der Waals surface area (Å²) < 4.78 is 4.98. The molecule has 0 atom stereocenters. The molecule has 0 spiro atoms. The normalized spacial score (nSPS) is 16.5. The van der Waals surface area contributed by atoms with Crippen molar-refractivity contribution in [2.24, 2.45) is 0 Å². The standard InChI is InChI=1S/C14H11Cl2NO3S2/c1-20-12(18)4-5-17-13(19)11(22-14(17)21)7-8-2-3-9(15)10(16)6-8/h2-3,6-7H,4-5H2,1H3/b11-7-. The van der Waals surface area contributed by atoms with Gasteiger partial charge in [-0.15, -0.1) is 0 Å². The van der Waals surface area contributed by atoms with E-state index in [9.17, 15) is 9.59 Å². The third-order valence-electron chi connectivity index (χ3n) is 2.88. The molecule has 4 nitrogen and oxygen atoms in total. The first kappa shape index (κ1) is 17.3. The summed E-state index contributed by atoms with van der Waals surface area (Å²) in [6.07, 6.45) is 1.79. The smallest absolute Gasteiger partial charge is 0.307 e. The van der Waals surface area contributed by atoms with E-state index in [1.807, 2.05) is 0 Å². The van der Waals surface area contributed by atoms with Crippen LogP contribution in [0.3, 0.4) is 0 Å². The van der Waals surface area contributed by atoms with Crippen molar-refractivity contribution in [2.45, 2.75) is 6.42 Å². The van der Waals surface area contributed by atoms with Crippen LogP contribution in [0.2, 0.25) is 10.0 Å². The molecule has 0 bridgehead atoms. The van der Waals surface area contributed by atoms with Gasteiger partial charge in [0.25, 0.3) is 5.91 Å². The number of carbonyl (C=O) groups is 2. The number of methoxy groups -OCH3 is 1. The van der Waals surface area contributed by atoms with Crippen LogP contribution in [0.1, 0.15) is 12.0 Å². The number of rotatable bonds is 4. The molecule has 1 aliphatic rings. The van der Waals surface area contributed by atoms with Crippen LogP contribution in [0.25, 0.3) is 6.08 Å². The van der Waals surface area contributed by atoms with Gasteiger partial charge in [0.2, 0.25) is 0 Å². The molecular weight excluding hydrogens is 365 g/mol. The first-order chi connectivity index (χ1) is 10.4. The minimum Gasteiger partial charge on any atom is -0.469 e. The third-order valence-corrected chi connectivity index (χ3v) is 5.00. The van der Waals surface area contributed by atoms with Crippen molar-refractivity contribution in [2.75, 3.05) is 13.7 Å². The average Bonchev–Trinajstić information content (AvgIpc) is 2.75. The van der Waals surface area contributed by atoms with Crippen LogP contribution >= 0.6 is 47.2 Å². The van der Waals surface area contributed by atoms with E-state index in [1.165, 1.54) is 23.8 Å². The molecule has 0 aliphatic carbocycles. The van der Waals surface area contributed by atoms with Crippen LogP contribution < -0.4 is 0 Å². The van der Waals surface area contributed by atoms with E-state index in [4.69, 9.17) is 35.4 Å². The lowest BCUT2D eigenvalue weighted by atomic mass is 10.2. The van der Waals surface area contributed by atoms with E-state index in [-0.39, 0.29) is 24.8 Å². The van der Waals surface area contributed by atoms with Gasteiger partial charge in [0, 0.05) is 6.54 Å². The highest BCUT2D eigenvalue weighted by atomic mass is 35.5. The highest BCUT2D eigenvalue weighted by Gasteiger charge is 2.32. The van der Waals surface area contributed by atoms with E-state index in [2.05, 4.69) is 4.74 Å². The number of ether oxygens (including phenoxy) is 1. The number of thioether (sulfide) groups is 1. The van der Waals surface area contributed by atoms with Crippen molar-refractivity contribution >= 4 is 69.5 Å². The lowest BCUT2D eigenvalue weighted by Gasteiger charge is -2.12. The Hall–Kier alpha value is -1.08. The summed E-state index contributed by atoms with van der Waals surface area (Å²) in [5.41, 5.74) is 0.753. The summed E-state index contributed by atoms with van der Waals surface area (Å²) in [4.78, 5) is 25.4. The first-order valence-electron chi connectivity index (χ1n) is 6.19. The van der Waals surface area contributed by atoms with Gasteiger partial charge in [-0.2, -0.15) is 0 Å². The number of nitrogens with zero attached hydrogens (tertiary/aromatic N) is 1. The second-order valence-corrected chi connectivity index (χ2v) is 6.82. The van der Waals surface area contributed by atoms with Crippen molar-refractivity contribution in [3.05, 3.63) is 38.7 Å². The number of thiocarbonyl (C=S) groups is 1. The van der Waals surface area contributed by atoms with Gasteiger partial charge in [-0.05, 0) is 23.8 Å². The molecule has 1 amide bonds. The molecule has 0 N–H and O–H groups in total. The van der Waals surface area contributed by atoms with Crippen molar-refractivity contribution in [1.82, 2.24) is 4.90 Å². The molecule has 0 radical (unpaired) electrons. The Kier molecular flexibility index (Phi) is 5.86. The lowest BCUT2D eigenvalue weighted by molar-refractivity contribution is -0.140. The Morgan fingerprint density at radius 3 is 2.77 bits per heavy atom. The summed E-state index contributed by atoms with van der Waals surface area (Å²) in [5.74, 6) is -0.618. The summed E-state index contributed by atoms with van der Waals surface area (Å²) in [6.45, 7) is 0.204. The molecule has 0 aromatic heterocycles. The molecule has 1 fully saturated rings. The molecule has 0 saturated carbocycles. The Morgan fingerprint density at radius 2 is 2.14 bits per heavy atom. The van der Waals surface area contributed by atoms with E-state index in [0.29, 0.717) is 19.3 Å². The van der Waals surface area contributed by atoms with E-state index in [1.54, 1.807) is 24.3 Å². The van der Waals surface area contributed by atoms with Crippen LogP contribution in [0, 0.1) is 0 Å². The van der Waals surface area contributed by atoms with Crippen LogP contribution in [0.15, 0.2) is 23.1 Å². The number of carbonyl (C=O) groups excluding carboxylic acids is 2. The number of esters is 1. The molecule has 1 saturated heterocycles. The second kappa shape index (κ2) is 7.46. The predicted molar refractivity (Wildman–Crippen MR) is 93.0 cm³/mol. The number of hydrogen-bond donors (Lipinski definition) is 0. The SMILES string of the molecule is COC(=O)CCN1C(=O)/C(=C/c2ccc(Cl)c(Cl)c2)SC1=S. The van der Waals surface area contributed by atoms with Crippen LogP contribution in [-0.2, 0) is 14.3 Å². The third kappa shape index (κ3) is 4.01. The van der Waals surface area contributed by atoms with Gasteiger partial charge < -0.3 is 4.74 Å². The summed E-state index contributed by atoms with van der Waals surface area (Å²) in [7, 11) is 1.30. The van der Waals surface area contributed by atoms with Gasteiger partial charge in [0.05, 0.1) is 28.5 Å². The molecule has 0 unspecified atom stereocenters. The zero-order valence-corrected chi connectivity index (χ0v) is 14.6. The van der Waals surface area contributed by atoms with Gasteiger partial charge in [-0.25, -0.2) is 0 Å². The zero-order chi connectivity index (χ0) is 16.3. The molecule has 22 heavy (non-hydrogen) atoms. The minimum atomic E-state index is -0.387. The Bertz CT molecular complexity index is 676. The van der Waals surface area contributed by atoms with E-state index < -0.39 is 0 Å². The Balaban J connectivity index is 2.14. The van der Waals surface area contributed by atoms with Crippen molar-refractivity contribution in [3.63, 3.8) is 0 Å². The second-order valence-electron chi connectivity index (χ2n) is 4.33. The molecule has 1 aromatic carbocycles. The molecule has 1 aliphatic heterocycles. The molecular formula is C14H11Cl2NO3S2. The Morgan fingerprint density at radius 1 is 1.41 bits per heavy atom. The van der Waals surface area contributed by atoms with Gasteiger partial charge in [0.15, 0.2) is 0 Å². The zero-order valence-electron chi connectivity index (χ0n) is 11.5. The van der Waals surface area contributed by atoms with Crippen LogP contribution in [0.5, 0.6) is 0 Å². The van der Waals surface area contributed by atoms with Gasteiger partial charge in [-0.3, -0.25) is 14.5 Å². The fraction of sp³-hybridized carbons (Fsp3) is 0.214. The van der Waals surface area contributed by atoms with Gasteiger partial charge in [0.1, 0.15) is 4.32 Å². The van der Waals surface area contributed by atoms with Gasteiger partial charge >= 0.3 is 5.97 Å². The summed E-state index contributed by atoms with van der Waals surface area (Å²) in [6, 6.07) is 5.09. The molecule has 1 heterocycles. The Labute approximate surface area is 147 Å². The highest BCUT2D eigenvalue weighted by Crippen LogP contribution is 2.33. The largest absolute Gasteiger partial charge is 0.469 e. The molecule has 2 rings (SSSR count). The van der Waals surface area contributed by atoms with Gasteiger partial charge in [-0.1, -0.05) is 53.2 Å². The van der Waals surface area contributed by atoms with Crippen molar-refractivity contribution < 1.29 is 14.3 Å². The number of halogens is 2. The minimum absolute atomic E-state index is 0.100. The predicted octanol–water partition coefficient (Wildman–Crippen LogP) is 3.76. The molecule has 1 aromatic rings. The first-order valence-corrected chi connectivity index (χ1v) is 8.17. The molecule has 8 heteroatoms.